The van der Waals surface area contributed by atoms with E-state index in [1.54, 1.807) is 6.92 Å². The summed E-state index contributed by atoms with van der Waals surface area (Å²) >= 11 is 0. The lowest BCUT2D eigenvalue weighted by atomic mass is 9.89. The van der Waals surface area contributed by atoms with E-state index in [1.165, 1.54) is 116 Å². The zero-order valence-corrected chi connectivity index (χ0v) is 19.6. The maximum atomic E-state index is 12.7. The molecule has 1 unspecified atom stereocenters. The molecule has 27 heavy (non-hydrogen) atoms. The van der Waals surface area contributed by atoms with E-state index >= 15 is 0 Å². The Labute approximate surface area is 172 Å². The average Bonchev–Trinajstić information content (AvgIpc) is 2.58. The van der Waals surface area contributed by atoms with Gasteiger partial charge in [-0.1, -0.05) is 136 Å². The second kappa shape index (κ2) is 19.3. The van der Waals surface area contributed by atoms with Crippen LogP contribution in [0.25, 0.3) is 0 Å². The zero-order chi connectivity index (χ0) is 20.2. The summed E-state index contributed by atoms with van der Waals surface area (Å²) in [4.78, 5) is 0. The van der Waals surface area contributed by atoms with Gasteiger partial charge in [-0.3, -0.25) is 0 Å². The Balaban J connectivity index is 3.03. The normalized spacial score (nSPS) is 13.2. The Morgan fingerprint density at radius 1 is 0.481 bits per heavy atom. The molecule has 164 valence electrons. The molecule has 0 rings (SSSR count). The third kappa shape index (κ3) is 25.9. The molecule has 0 aromatic heterocycles. The van der Waals surface area contributed by atoms with E-state index < -0.39 is 6.17 Å². The molecule has 0 radical (unpaired) electrons. The molecule has 0 spiro atoms. The second-order valence-corrected chi connectivity index (χ2v) is 10.2. The average molecular weight is 385 g/mol. The smallest absolute Gasteiger partial charge is 0.0973 e. The zero-order valence-electron chi connectivity index (χ0n) is 19.6. The van der Waals surface area contributed by atoms with E-state index in [-0.39, 0.29) is 0 Å². The molecule has 1 atom stereocenters. The van der Waals surface area contributed by atoms with Crippen LogP contribution >= 0.6 is 0 Å². The van der Waals surface area contributed by atoms with Crippen LogP contribution in [0.1, 0.15) is 156 Å². The van der Waals surface area contributed by atoms with Crippen molar-refractivity contribution in [2.24, 2.45) is 5.41 Å². The number of hydrogen-bond acceptors (Lipinski definition) is 0. The highest BCUT2D eigenvalue weighted by Gasteiger charge is 2.08. The quantitative estimate of drug-likeness (QED) is 0.183. The number of unbranched alkanes of at least 4 members (excludes halogenated alkanes) is 17. The van der Waals surface area contributed by atoms with Crippen LogP contribution in [-0.4, -0.2) is 6.17 Å². The number of alkyl halides is 1. The first-order chi connectivity index (χ1) is 12.9. The number of hydrogen-bond donors (Lipinski definition) is 0. The summed E-state index contributed by atoms with van der Waals surface area (Å²) in [7, 11) is 0. The van der Waals surface area contributed by atoms with Crippen molar-refractivity contribution in [1.29, 1.82) is 0 Å². The molecule has 1 heteroatoms. The van der Waals surface area contributed by atoms with Gasteiger partial charge in [0.05, 0.1) is 6.17 Å². The molecule has 0 nitrogen and oxygen atoms in total. The summed E-state index contributed by atoms with van der Waals surface area (Å²) in [5.74, 6) is 0. The third-order valence-corrected chi connectivity index (χ3v) is 5.78. The topological polar surface area (TPSA) is 0 Å². The largest absolute Gasteiger partial charge is 0.248 e. The Morgan fingerprint density at radius 3 is 1.00 bits per heavy atom. The minimum absolute atomic E-state index is 0.524. The lowest BCUT2D eigenvalue weighted by molar-refractivity contribution is 0.329. The Bertz CT molecular complexity index is 276. The van der Waals surface area contributed by atoms with Crippen molar-refractivity contribution in [3.05, 3.63) is 0 Å². The minimum Gasteiger partial charge on any atom is -0.248 e. The van der Waals surface area contributed by atoms with E-state index in [0.717, 1.165) is 12.8 Å². The van der Waals surface area contributed by atoms with Crippen LogP contribution in [0, 0.1) is 5.41 Å². The van der Waals surface area contributed by atoms with Crippen LogP contribution in [-0.2, 0) is 0 Å². The maximum Gasteiger partial charge on any atom is 0.0973 e. The van der Waals surface area contributed by atoms with Gasteiger partial charge in [0.25, 0.3) is 0 Å². The fraction of sp³-hybridized carbons (Fsp3) is 1.00. The van der Waals surface area contributed by atoms with Crippen LogP contribution in [0.2, 0.25) is 0 Å². The standard InChI is InChI=1S/C26H53F/c1-25(27)23-21-19-17-15-13-11-9-7-5-6-8-10-12-14-16-18-20-22-24-26(2,3)4/h25H,5-24H2,1-4H3. The fourth-order valence-corrected chi connectivity index (χ4v) is 3.91. The van der Waals surface area contributed by atoms with Crippen LogP contribution in [0.15, 0.2) is 0 Å². The molecular formula is C26H53F. The summed E-state index contributed by atoms with van der Waals surface area (Å²) in [6.45, 7) is 8.74. The van der Waals surface area contributed by atoms with Gasteiger partial charge in [-0.25, -0.2) is 4.39 Å². The van der Waals surface area contributed by atoms with Crippen molar-refractivity contribution in [1.82, 2.24) is 0 Å². The van der Waals surface area contributed by atoms with Gasteiger partial charge in [0.15, 0.2) is 0 Å². The lowest BCUT2D eigenvalue weighted by Gasteiger charge is -2.17. The molecule has 0 saturated heterocycles. The van der Waals surface area contributed by atoms with E-state index in [9.17, 15) is 4.39 Å². The Hall–Kier alpha value is -0.0700. The molecule has 0 amide bonds. The van der Waals surface area contributed by atoms with E-state index in [1.807, 2.05) is 0 Å². The van der Waals surface area contributed by atoms with E-state index in [0.29, 0.717) is 5.41 Å². The summed E-state index contributed by atoms with van der Waals surface area (Å²) in [5.41, 5.74) is 0.524. The van der Waals surface area contributed by atoms with E-state index in [2.05, 4.69) is 20.8 Å². The summed E-state index contributed by atoms with van der Waals surface area (Å²) in [5, 5.41) is 0. The van der Waals surface area contributed by atoms with Crippen molar-refractivity contribution in [2.75, 3.05) is 0 Å². The van der Waals surface area contributed by atoms with Crippen LogP contribution in [0.3, 0.4) is 0 Å². The molecule has 0 aromatic rings. The monoisotopic (exact) mass is 384 g/mol. The number of rotatable bonds is 20. The Kier molecular flexibility index (Phi) is 19.2. The first-order valence-electron chi connectivity index (χ1n) is 12.6. The molecule has 0 bridgehead atoms. The highest BCUT2D eigenvalue weighted by atomic mass is 19.1. The van der Waals surface area contributed by atoms with E-state index in [4.69, 9.17) is 0 Å². The summed E-state index contributed by atoms with van der Waals surface area (Å²) < 4.78 is 12.7. The molecule has 0 N–H and O–H groups in total. The highest BCUT2D eigenvalue weighted by Crippen LogP contribution is 2.22. The van der Waals surface area contributed by atoms with Gasteiger partial charge in [-0.05, 0) is 25.2 Å². The van der Waals surface area contributed by atoms with Gasteiger partial charge >= 0.3 is 0 Å². The van der Waals surface area contributed by atoms with Crippen molar-refractivity contribution >= 4 is 0 Å². The molecule has 0 aliphatic rings. The molecule has 0 saturated carbocycles. The van der Waals surface area contributed by atoms with Crippen molar-refractivity contribution in [3.8, 4) is 0 Å². The minimum atomic E-state index is -0.603. The maximum absolute atomic E-state index is 12.7. The first-order valence-corrected chi connectivity index (χ1v) is 12.6. The van der Waals surface area contributed by atoms with Gasteiger partial charge in [-0.15, -0.1) is 0 Å². The molecule has 0 aliphatic carbocycles. The third-order valence-electron chi connectivity index (χ3n) is 5.78. The van der Waals surface area contributed by atoms with Crippen LogP contribution < -0.4 is 0 Å². The molecular weight excluding hydrogens is 331 g/mol. The van der Waals surface area contributed by atoms with Gasteiger partial charge in [0.1, 0.15) is 0 Å². The number of halogens is 1. The van der Waals surface area contributed by atoms with Crippen molar-refractivity contribution < 1.29 is 4.39 Å². The van der Waals surface area contributed by atoms with Crippen LogP contribution in [0.5, 0.6) is 0 Å². The van der Waals surface area contributed by atoms with Gasteiger partial charge in [0, 0.05) is 0 Å². The fourth-order valence-electron chi connectivity index (χ4n) is 3.91. The van der Waals surface area contributed by atoms with Gasteiger partial charge in [0.2, 0.25) is 0 Å². The van der Waals surface area contributed by atoms with Crippen molar-refractivity contribution in [3.63, 3.8) is 0 Å². The van der Waals surface area contributed by atoms with Crippen LogP contribution in [0.4, 0.5) is 4.39 Å². The van der Waals surface area contributed by atoms with Gasteiger partial charge < -0.3 is 0 Å². The highest BCUT2D eigenvalue weighted by molar-refractivity contribution is 4.61. The SMILES string of the molecule is CC(F)CCCCCCCCCCCCCCCCCCCCC(C)(C)C. The summed E-state index contributed by atoms with van der Waals surface area (Å²) in [6.07, 6.45) is 26.7. The molecule has 0 heterocycles. The predicted octanol–water partition coefficient (Wildman–Crippen LogP) is 10.2. The van der Waals surface area contributed by atoms with Gasteiger partial charge in [-0.2, -0.15) is 0 Å². The summed E-state index contributed by atoms with van der Waals surface area (Å²) in [6, 6.07) is 0. The molecule has 0 aliphatic heterocycles. The Morgan fingerprint density at radius 2 is 0.741 bits per heavy atom. The lowest BCUT2D eigenvalue weighted by Crippen LogP contribution is -2.03. The van der Waals surface area contributed by atoms with Crippen molar-refractivity contribution in [2.45, 2.75) is 162 Å². The molecule has 0 aromatic carbocycles. The predicted molar refractivity (Wildman–Crippen MR) is 122 cm³/mol. The molecule has 0 fully saturated rings. The second-order valence-electron chi connectivity index (χ2n) is 10.2. The first kappa shape index (κ1) is 26.9.